The summed E-state index contributed by atoms with van der Waals surface area (Å²) in [7, 11) is 0. The Balaban J connectivity index is 1.82. The lowest BCUT2D eigenvalue weighted by molar-refractivity contribution is 0.461. The number of hydrogen-bond donors (Lipinski definition) is 1. The second-order valence-corrected chi connectivity index (χ2v) is 4.50. The Morgan fingerprint density at radius 1 is 1.25 bits per heavy atom. The molecule has 2 aromatic rings. The molecule has 0 aliphatic heterocycles. The standard InChI is InChI=1S/C12H13BrN2O/c1-9-2-5-12(16-9)8-14-7-11-4-3-10(13)6-15-11/h2-6,14H,7-8H2,1H3. The average molecular weight is 281 g/mol. The fraction of sp³-hybridized carbons (Fsp3) is 0.250. The molecule has 0 atom stereocenters. The molecule has 0 aliphatic carbocycles. The Hall–Kier alpha value is -1.13. The van der Waals surface area contributed by atoms with Crippen LogP contribution in [0.25, 0.3) is 0 Å². The van der Waals surface area contributed by atoms with E-state index in [-0.39, 0.29) is 0 Å². The summed E-state index contributed by atoms with van der Waals surface area (Å²) in [5.41, 5.74) is 1.02. The van der Waals surface area contributed by atoms with Gasteiger partial charge in [-0.25, -0.2) is 0 Å². The van der Waals surface area contributed by atoms with E-state index in [2.05, 4.69) is 26.2 Å². The van der Waals surface area contributed by atoms with Crippen molar-refractivity contribution in [2.24, 2.45) is 0 Å². The van der Waals surface area contributed by atoms with E-state index in [1.807, 2.05) is 31.2 Å². The number of rotatable bonds is 4. The second kappa shape index (κ2) is 5.27. The molecule has 0 bridgehead atoms. The van der Waals surface area contributed by atoms with Crippen LogP contribution in [-0.4, -0.2) is 4.98 Å². The highest BCUT2D eigenvalue weighted by molar-refractivity contribution is 9.10. The van der Waals surface area contributed by atoms with Gasteiger partial charge in [0.25, 0.3) is 0 Å². The quantitative estimate of drug-likeness (QED) is 0.936. The summed E-state index contributed by atoms with van der Waals surface area (Å²) < 4.78 is 6.45. The fourth-order valence-electron chi connectivity index (χ4n) is 1.40. The third-order valence-electron chi connectivity index (χ3n) is 2.19. The first-order chi connectivity index (χ1) is 7.74. The number of halogens is 1. The maximum Gasteiger partial charge on any atom is 0.117 e. The van der Waals surface area contributed by atoms with Crippen molar-refractivity contribution in [2.45, 2.75) is 20.0 Å². The maximum absolute atomic E-state index is 5.45. The van der Waals surface area contributed by atoms with Gasteiger partial charge in [-0.1, -0.05) is 0 Å². The zero-order valence-electron chi connectivity index (χ0n) is 9.03. The van der Waals surface area contributed by atoms with Crippen LogP contribution in [-0.2, 0) is 13.1 Å². The normalized spacial score (nSPS) is 10.6. The Bertz CT molecular complexity index is 450. The lowest BCUT2D eigenvalue weighted by Crippen LogP contribution is -2.12. The Kier molecular flexibility index (Phi) is 3.74. The van der Waals surface area contributed by atoms with Crippen LogP contribution in [0.2, 0.25) is 0 Å². The predicted molar refractivity (Wildman–Crippen MR) is 65.9 cm³/mol. The molecule has 0 amide bonds. The molecule has 0 spiro atoms. The van der Waals surface area contributed by atoms with Crippen molar-refractivity contribution < 1.29 is 4.42 Å². The molecule has 1 N–H and O–H groups in total. The van der Waals surface area contributed by atoms with E-state index in [0.717, 1.165) is 34.8 Å². The van der Waals surface area contributed by atoms with Crippen molar-refractivity contribution >= 4 is 15.9 Å². The molecular formula is C12H13BrN2O. The highest BCUT2D eigenvalue weighted by atomic mass is 79.9. The highest BCUT2D eigenvalue weighted by Gasteiger charge is 1.98. The van der Waals surface area contributed by atoms with Gasteiger partial charge in [-0.3, -0.25) is 4.98 Å². The summed E-state index contributed by atoms with van der Waals surface area (Å²) in [5, 5.41) is 3.28. The Morgan fingerprint density at radius 3 is 2.75 bits per heavy atom. The van der Waals surface area contributed by atoms with Crippen molar-refractivity contribution in [2.75, 3.05) is 0 Å². The van der Waals surface area contributed by atoms with E-state index >= 15 is 0 Å². The summed E-state index contributed by atoms with van der Waals surface area (Å²) in [6.45, 7) is 3.42. The van der Waals surface area contributed by atoms with E-state index in [1.54, 1.807) is 6.20 Å². The number of aryl methyl sites for hydroxylation is 1. The van der Waals surface area contributed by atoms with Crippen LogP contribution in [0.3, 0.4) is 0 Å². The molecule has 2 rings (SSSR count). The van der Waals surface area contributed by atoms with Crippen LogP contribution in [0.15, 0.2) is 39.4 Å². The van der Waals surface area contributed by atoms with Gasteiger partial charge < -0.3 is 9.73 Å². The van der Waals surface area contributed by atoms with Gasteiger partial charge in [-0.05, 0) is 47.1 Å². The number of nitrogens with one attached hydrogen (secondary N) is 1. The topological polar surface area (TPSA) is 38.1 Å². The molecule has 4 heteroatoms. The molecular weight excluding hydrogens is 268 g/mol. The van der Waals surface area contributed by atoms with Gasteiger partial charge in [0.1, 0.15) is 11.5 Å². The van der Waals surface area contributed by atoms with Crippen molar-refractivity contribution in [1.29, 1.82) is 0 Å². The molecule has 3 nitrogen and oxygen atoms in total. The number of nitrogens with zero attached hydrogens (tertiary/aromatic N) is 1. The van der Waals surface area contributed by atoms with Crippen molar-refractivity contribution in [1.82, 2.24) is 10.3 Å². The summed E-state index contributed by atoms with van der Waals surface area (Å²) in [5.74, 6) is 1.90. The molecule has 0 saturated heterocycles. The van der Waals surface area contributed by atoms with Gasteiger partial charge in [-0.2, -0.15) is 0 Å². The fourth-order valence-corrected chi connectivity index (χ4v) is 1.64. The highest BCUT2D eigenvalue weighted by Crippen LogP contribution is 2.08. The van der Waals surface area contributed by atoms with E-state index in [0.29, 0.717) is 0 Å². The second-order valence-electron chi connectivity index (χ2n) is 3.58. The minimum absolute atomic E-state index is 0.728. The molecule has 84 valence electrons. The van der Waals surface area contributed by atoms with Crippen LogP contribution in [0.1, 0.15) is 17.2 Å². The molecule has 0 radical (unpaired) electrons. The first-order valence-electron chi connectivity index (χ1n) is 5.10. The lowest BCUT2D eigenvalue weighted by atomic mass is 10.3. The summed E-state index contributed by atoms with van der Waals surface area (Å²) in [4.78, 5) is 4.27. The Labute approximate surface area is 103 Å². The molecule has 0 fully saturated rings. The minimum atomic E-state index is 0.728. The summed E-state index contributed by atoms with van der Waals surface area (Å²) in [6, 6.07) is 7.93. The molecule has 0 unspecified atom stereocenters. The zero-order valence-corrected chi connectivity index (χ0v) is 10.6. The first-order valence-corrected chi connectivity index (χ1v) is 5.90. The summed E-state index contributed by atoms with van der Waals surface area (Å²) in [6.07, 6.45) is 1.80. The number of aromatic nitrogens is 1. The van der Waals surface area contributed by atoms with Crippen molar-refractivity contribution in [3.05, 3.63) is 52.1 Å². The monoisotopic (exact) mass is 280 g/mol. The van der Waals surface area contributed by atoms with Gasteiger partial charge >= 0.3 is 0 Å². The van der Waals surface area contributed by atoms with Gasteiger partial charge in [0, 0.05) is 17.2 Å². The van der Waals surface area contributed by atoms with Crippen LogP contribution in [0, 0.1) is 6.92 Å². The lowest BCUT2D eigenvalue weighted by Gasteiger charge is -2.02. The van der Waals surface area contributed by atoms with Crippen molar-refractivity contribution in [3.63, 3.8) is 0 Å². The van der Waals surface area contributed by atoms with E-state index in [4.69, 9.17) is 4.42 Å². The molecule has 0 aromatic carbocycles. The maximum atomic E-state index is 5.45. The average Bonchev–Trinajstić information content (AvgIpc) is 2.67. The smallest absolute Gasteiger partial charge is 0.117 e. The molecule has 0 aliphatic rings. The third kappa shape index (κ3) is 3.18. The van der Waals surface area contributed by atoms with Crippen LogP contribution in [0.5, 0.6) is 0 Å². The SMILES string of the molecule is Cc1ccc(CNCc2ccc(Br)cn2)o1. The molecule has 2 heterocycles. The van der Waals surface area contributed by atoms with E-state index in [9.17, 15) is 0 Å². The van der Waals surface area contributed by atoms with Gasteiger partial charge in [0.15, 0.2) is 0 Å². The van der Waals surface area contributed by atoms with Gasteiger partial charge in [-0.15, -0.1) is 0 Å². The number of hydrogen-bond acceptors (Lipinski definition) is 3. The van der Waals surface area contributed by atoms with Gasteiger partial charge in [0.05, 0.1) is 12.2 Å². The summed E-state index contributed by atoms with van der Waals surface area (Å²) >= 11 is 3.36. The van der Waals surface area contributed by atoms with Crippen LogP contribution in [0.4, 0.5) is 0 Å². The predicted octanol–water partition coefficient (Wildman–Crippen LogP) is 3.04. The van der Waals surface area contributed by atoms with E-state index < -0.39 is 0 Å². The third-order valence-corrected chi connectivity index (χ3v) is 2.66. The largest absolute Gasteiger partial charge is 0.465 e. The molecule has 16 heavy (non-hydrogen) atoms. The first kappa shape index (κ1) is 11.4. The Morgan fingerprint density at radius 2 is 2.12 bits per heavy atom. The minimum Gasteiger partial charge on any atom is -0.465 e. The molecule has 2 aromatic heterocycles. The zero-order chi connectivity index (χ0) is 11.4. The van der Waals surface area contributed by atoms with Crippen LogP contribution >= 0.6 is 15.9 Å². The van der Waals surface area contributed by atoms with Gasteiger partial charge in [0.2, 0.25) is 0 Å². The van der Waals surface area contributed by atoms with Crippen molar-refractivity contribution in [3.8, 4) is 0 Å². The molecule has 0 saturated carbocycles. The van der Waals surface area contributed by atoms with E-state index in [1.165, 1.54) is 0 Å². The number of furan rings is 1. The van der Waals surface area contributed by atoms with Crippen LogP contribution < -0.4 is 5.32 Å². The number of pyridine rings is 1.